The molecule has 22 heavy (non-hydrogen) atoms. The molecule has 1 aromatic carbocycles. The number of ether oxygens (including phenoxy) is 1. The van der Waals surface area contributed by atoms with Gasteiger partial charge in [0.2, 0.25) is 5.91 Å². The predicted octanol–water partition coefficient (Wildman–Crippen LogP) is 3.22. The first kappa shape index (κ1) is 18.6. The molecule has 2 N–H and O–H groups in total. The number of hydrogen-bond acceptors (Lipinski definition) is 3. The van der Waals surface area contributed by atoms with E-state index in [1.807, 2.05) is 20.8 Å². The summed E-state index contributed by atoms with van der Waals surface area (Å²) in [4.78, 5) is 11.9. The van der Waals surface area contributed by atoms with E-state index in [0.29, 0.717) is 11.4 Å². The van der Waals surface area contributed by atoms with Gasteiger partial charge in [-0.25, -0.2) is 8.78 Å². The summed E-state index contributed by atoms with van der Waals surface area (Å²) < 4.78 is 31.8. The molecule has 0 aliphatic carbocycles. The van der Waals surface area contributed by atoms with Gasteiger partial charge in [0.15, 0.2) is 0 Å². The number of rotatable bonds is 3. The third-order valence-electron chi connectivity index (χ3n) is 2.97. The Morgan fingerprint density at radius 3 is 2.36 bits per heavy atom. The van der Waals surface area contributed by atoms with E-state index >= 15 is 0 Å². The molecular weight excluding hydrogens is 314 g/mol. The van der Waals surface area contributed by atoms with E-state index in [1.54, 1.807) is 24.3 Å². The molecule has 1 aromatic rings. The van der Waals surface area contributed by atoms with Crippen molar-refractivity contribution in [2.75, 3.05) is 11.9 Å². The Labute approximate surface area is 135 Å². The summed E-state index contributed by atoms with van der Waals surface area (Å²) in [6, 6.07) is 5.98. The fourth-order valence-electron chi connectivity index (χ4n) is 2.09. The molecule has 1 fully saturated rings. The van der Waals surface area contributed by atoms with Crippen molar-refractivity contribution in [3.8, 4) is 5.75 Å². The molecule has 1 atom stereocenters. The van der Waals surface area contributed by atoms with Crippen LogP contribution < -0.4 is 15.4 Å². The van der Waals surface area contributed by atoms with Crippen molar-refractivity contribution in [1.29, 1.82) is 0 Å². The number of carbonyl (C=O) groups excluding carboxylic acids is 1. The summed E-state index contributed by atoms with van der Waals surface area (Å²) >= 11 is 0. The lowest BCUT2D eigenvalue weighted by Gasteiger charge is -2.21. The SMILES string of the molecule is CC(C)(C)Oc1ccc(NC(=O)C2CC(F)(F)CN2)cc1.Cl. The van der Waals surface area contributed by atoms with Crippen molar-refractivity contribution >= 4 is 24.0 Å². The minimum Gasteiger partial charge on any atom is -0.488 e. The van der Waals surface area contributed by atoms with Crippen molar-refractivity contribution in [2.24, 2.45) is 0 Å². The zero-order valence-electron chi connectivity index (χ0n) is 12.8. The van der Waals surface area contributed by atoms with E-state index in [1.165, 1.54) is 0 Å². The summed E-state index contributed by atoms with van der Waals surface area (Å²) in [6.45, 7) is 5.36. The largest absolute Gasteiger partial charge is 0.488 e. The molecule has 0 radical (unpaired) electrons. The monoisotopic (exact) mass is 334 g/mol. The van der Waals surface area contributed by atoms with Crippen LogP contribution in [0.3, 0.4) is 0 Å². The van der Waals surface area contributed by atoms with Crippen LogP contribution in [0.15, 0.2) is 24.3 Å². The van der Waals surface area contributed by atoms with Crippen LogP contribution in [0.2, 0.25) is 0 Å². The van der Waals surface area contributed by atoms with Crippen molar-refractivity contribution in [1.82, 2.24) is 5.32 Å². The van der Waals surface area contributed by atoms with E-state index in [-0.39, 0.29) is 18.0 Å². The molecule has 4 nitrogen and oxygen atoms in total. The normalized spacial score (nSPS) is 20.1. The lowest BCUT2D eigenvalue weighted by Crippen LogP contribution is -2.35. The minimum absolute atomic E-state index is 0. The molecule has 1 heterocycles. The Bertz CT molecular complexity index is 515. The van der Waals surface area contributed by atoms with Gasteiger partial charge in [-0.05, 0) is 45.0 Å². The number of anilines is 1. The second kappa shape index (κ2) is 6.79. The fraction of sp³-hybridized carbons (Fsp3) is 0.533. The second-order valence-electron chi connectivity index (χ2n) is 6.22. The van der Waals surface area contributed by atoms with E-state index in [9.17, 15) is 13.6 Å². The van der Waals surface area contributed by atoms with Crippen LogP contribution in [0.25, 0.3) is 0 Å². The number of hydrogen-bond donors (Lipinski definition) is 2. The fourth-order valence-corrected chi connectivity index (χ4v) is 2.09. The number of carbonyl (C=O) groups is 1. The van der Waals surface area contributed by atoms with Crippen LogP contribution in [0.5, 0.6) is 5.75 Å². The Morgan fingerprint density at radius 1 is 1.32 bits per heavy atom. The molecule has 2 rings (SSSR count). The molecule has 0 aromatic heterocycles. The molecule has 7 heteroatoms. The number of benzene rings is 1. The van der Waals surface area contributed by atoms with Gasteiger partial charge in [0, 0.05) is 12.1 Å². The van der Waals surface area contributed by atoms with Crippen molar-refractivity contribution < 1.29 is 18.3 Å². The molecule has 124 valence electrons. The summed E-state index contributed by atoms with van der Waals surface area (Å²) in [5, 5.41) is 5.14. The second-order valence-corrected chi connectivity index (χ2v) is 6.22. The van der Waals surface area contributed by atoms with Crippen LogP contribution in [0.1, 0.15) is 27.2 Å². The van der Waals surface area contributed by atoms with Crippen molar-refractivity contribution in [3.63, 3.8) is 0 Å². The summed E-state index contributed by atoms with van der Waals surface area (Å²) in [7, 11) is 0. The van der Waals surface area contributed by atoms with E-state index in [2.05, 4.69) is 10.6 Å². The minimum atomic E-state index is -2.81. The van der Waals surface area contributed by atoms with E-state index in [0.717, 1.165) is 0 Å². The van der Waals surface area contributed by atoms with Crippen molar-refractivity contribution in [2.45, 2.75) is 44.8 Å². The average molecular weight is 335 g/mol. The molecule has 0 bridgehead atoms. The van der Waals surface area contributed by atoms with E-state index in [4.69, 9.17) is 4.74 Å². The first-order valence-corrected chi connectivity index (χ1v) is 6.86. The van der Waals surface area contributed by atoms with Crippen LogP contribution in [0, 0.1) is 0 Å². The molecule has 0 spiro atoms. The van der Waals surface area contributed by atoms with Gasteiger partial charge in [0.1, 0.15) is 11.4 Å². The van der Waals surface area contributed by atoms with Gasteiger partial charge < -0.3 is 10.1 Å². The Kier molecular flexibility index (Phi) is 5.76. The first-order valence-electron chi connectivity index (χ1n) is 6.86. The van der Waals surface area contributed by atoms with Gasteiger partial charge in [-0.1, -0.05) is 0 Å². The maximum atomic E-state index is 13.0. The van der Waals surface area contributed by atoms with Gasteiger partial charge in [0.05, 0.1) is 12.6 Å². The number of nitrogens with one attached hydrogen (secondary N) is 2. The first-order chi connectivity index (χ1) is 9.65. The highest BCUT2D eigenvalue weighted by Gasteiger charge is 2.42. The van der Waals surface area contributed by atoms with Gasteiger partial charge in [-0.3, -0.25) is 10.1 Å². The number of alkyl halides is 2. The molecule has 1 aliphatic heterocycles. The zero-order valence-corrected chi connectivity index (χ0v) is 13.6. The quantitative estimate of drug-likeness (QED) is 0.892. The molecular formula is C15H21ClF2N2O2. The van der Waals surface area contributed by atoms with Gasteiger partial charge in [-0.15, -0.1) is 12.4 Å². The van der Waals surface area contributed by atoms with Crippen molar-refractivity contribution in [3.05, 3.63) is 24.3 Å². The molecule has 1 unspecified atom stereocenters. The summed E-state index contributed by atoms with van der Waals surface area (Å²) in [5.41, 5.74) is 0.252. The highest BCUT2D eigenvalue weighted by Crippen LogP contribution is 2.26. The topological polar surface area (TPSA) is 50.4 Å². The zero-order chi connectivity index (χ0) is 15.7. The van der Waals surface area contributed by atoms with Crippen LogP contribution in [-0.4, -0.2) is 30.0 Å². The smallest absolute Gasteiger partial charge is 0.262 e. The third-order valence-corrected chi connectivity index (χ3v) is 2.97. The van der Waals surface area contributed by atoms with Gasteiger partial charge >= 0.3 is 0 Å². The van der Waals surface area contributed by atoms with Crippen LogP contribution in [0.4, 0.5) is 14.5 Å². The standard InChI is InChI=1S/C15H20F2N2O2.ClH/c1-14(2,3)21-11-6-4-10(5-7-11)19-13(20)12-8-15(16,17)9-18-12;/h4-7,12,18H,8-9H2,1-3H3,(H,19,20);1H. The Morgan fingerprint density at radius 2 is 1.91 bits per heavy atom. The van der Waals surface area contributed by atoms with Gasteiger partial charge in [-0.2, -0.15) is 0 Å². The summed E-state index contributed by atoms with van der Waals surface area (Å²) in [5.74, 6) is -2.57. The third kappa shape index (κ3) is 5.42. The molecule has 1 aliphatic rings. The summed E-state index contributed by atoms with van der Waals surface area (Å²) in [6.07, 6.45) is -0.468. The number of amides is 1. The maximum Gasteiger partial charge on any atom is 0.262 e. The Balaban J connectivity index is 0.00000242. The van der Waals surface area contributed by atoms with Crippen LogP contribution in [-0.2, 0) is 4.79 Å². The highest BCUT2D eigenvalue weighted by molar-refractivity contribution is 5.95. The lowest BCUT2D eigenvalue weighted by atomic mass is 10.1. The number of halogens is 3. The highest BCUT2D eigenvalue weighted by atomic mass is 35.5. The van der Waals surface area contributed by atoms with Gasteiger partial charge in [0.25, 0.3) is 5.92 Å². The average Bonchev–Trinajstić information content (AvgIpc) is 2.70. The predicted molar refractivity (Wildman–Crippen MR) is 84.1 cm³/mol. The Hall–Kier alpha value is -1.40. The lowest BCUT2D eigenvalue weighted by molar-refractivity contribution is -0.118. The maximum absolute atomic E-state index is 13.0. The molecule has 1 amide bonds. The van der Waals surface area contributed by atoms with Crippen LogP contribution >= 0.6 is 12.4 Å². The molecule has 1 saturated heterocycles. The van der Waals surface area contributed by atoms with E-state index < -0.39 is 30.8 Å². The molecule has 0 saturated carbocycles.